The van der Waals surface area contributed by atoms with Crippen molar-refractivity contribution in [2.45, 2.75) is 33.7 Å². The van der Waals surface area contributed by atoms with E-state index in [2.05, 4.69) is 0 Å². The summed E-state index contributed by atoms with van der Waals surface area (Å²) in [5.41, 5.74) is 3.28. The first-order chi connectivity index (χ1) is 7.49. The number of para-hydroxylation sites is 1. The van der Waals surface area contributed by atoms with Crippen LogP contribution in [0.25, 0.3) is 0 Å². The van der Waals surface area contributed by atoms with Gasteiger partial charge in [0.15, 0.2) is 0 Å². The molecule has 0 radical (unpaired) electrons. The molecule has 1 N–H and O–H groups in total. The van der Waals surface area contributed by atoms with Gasteiger partial charge in [0.2, 0.25) is 0 Å². The zero-order valence-corrected chi connectivity index (χ0v) is 10.3. The first kappa shape index (κ1) is 12.6. The van der Waals surface area contributed by atoms with E-state index in [0.29, 0.717) is 6.54 Å². The third-order valence-corrected chi connectivity index (χ3v) is 2.89. The zero-order valence-electron chi connectivity index (χ0n) is 10.3. The van der Waals surface area contributed by atoms with Gasteiger partial charge in [-0.25, -0.2) is 4.79 Å². The van der Waals surface area contributed by atoms with E-state index >= 15 is 0 Å². The topological polar surface area (TPSA) is 40.5 Å². The van der Waals surface area contributed by atoms with E-state index in [9.17, 15) is 4.79 Å². The van der Waals surface area contributed by atoms with Gasteiger partial charge in [-0.15, -0.1) is 0 Å². The lowest BCUT2D eigenvalue weighted by Gasteiger charge is -2.30. The fraction of sp³-hybridized carbons (Fsp3) is 0.462. The number of likely N-dealkylation sites (N-methyl/N-ethyl adjacent to an activating group) is 1. The molecular weight excluding hydrogens is 202 g/mol. The molecule has 0 saturated carbocycles. The van der Waals surface area contributed by atoms with Gasteiger partial charge in [0.05, 0.1) is 0 Å². The van der Waals surface area contributed by atoms with Crippen molar-refractivity contribution in [3.05, 3.63) is 29.3 Å². The predicted molar refractivity (Wildman–Crippen MR) is 66.0 cm³/mol. The minimum Gasteiger partial charge on any atom is -0.480 e. The lowest BCUT2D eigenvalue weighted by molar-refractivity contribution is -0.138. The van der Waals surface area contributed by atoms with E-state index < -0.39 is 12.0 Å². The maximum Gasteiger partial charge on any atom is 0.326 e. The summed E-state index contributed by atoms with van der Waals surface area (Å²) in [4.78, 5) is 13.0. The number of hydrogen-bond acceptors (Lipinski definition) is 2. The van der Waals surface area contributed by atoms with Gasteiger partial charge in [-0.2, -0.15) is 0 Å². The van der Waals surface area contributed by atoms with Crippen molar-refractivity contribution in [3.63, 3.8) is 0 Å². The Morgan fingerprint density at radius 2 is 1.88 bits per heavy atom. The molecule has 1 atom stereocenters. The molecule has 0 aliphatic carbocycles. The van der Waals surface area contributed by atoms with Crippen LogP contribution in [0.4, 0.5) is 5.69 Å². The molecule has 0 aliphatic heterocycles. The molecule has 1 aromatic carbocycles. The summed E-state index contributed by atoms with van der Waals surface area (Å²) in [6.07, 6.45) is 0. The predicted octanol–water partition coefficient (Wildman–Crippen LogP) is 2.60. The molecule has 0 aliphatic rings. The number of carboxylic acids is 1. The second kappa shape index (κ2) is 5.01. The molecule has 16 heavy (non-hydrogen) atoms. The maximum absolute atomic E-state index is 11.1. The van der Waals surface area contributed by atoms with Crippen molar-refractivity contribution in [2.75, 3.05) is 11.4 Å². The van der Waals surface area contributed by atoms with Gasteiger partial charge < -0.3 is 10.0 Å². The second-order valence-corrected chi connectivity index (χ2v) is 4.04. The summed E-state index contributed by atoms with van der Waals surface area (Å²) >= 11 is 0. The average Bonchev–Trinajstić information content (AvgIpc) is 2.22. The Labute approximate surface area is 96.7 Å². The van der Waals surface area contributed by atoms with Gasteiger partial charge in [0.25, 0.3) is 0 Å². The molecule has 3 heteroatoms. The van der Waals surface area contributed by atoms with Crippen LogP contribution in [0.3, 0.4) is 0 Å². The van der Waals surface area contributed by atoms with Crippen molar-refractivity contribution in [1.82, 2.24) is 0 Å². The Hall–Kier alpha value is -1.51. The number of carboxylic acid groups (broad SMARTS) is 1. The van der Waals surface area contributed by atoms with Crippen LogP contribution in [0.5, 0.6) is 0 Å². The van der Waals surface area contributed by atoms with Gasteiger partial charge in [0, 0.05) is 12.2 Å². The van der Waals surface area contributed by atoms with Gasteiger partial charge in [-0.3, -0.25) is 0 Å². The van der Waals surface area contributed by atoms with E-state index in [1.165, 1.54) is 0 Å². The van der Waals surface area contributed by atoms with Crippen LogP contribution in [-0.4, -0.2) is 23.7 Å². The van der Waals surface area contributed by atoms with Crippen LogP contribution in [0.15, 0.2) is 18.2 Å². The standard InChI is InChI=1S/C13H19NO2/c1-5-14(11(4)13(15)16)12-9(2)7-6-8-10(12)3/h6-8,11H,5H2,1-4H3,(H,15,16). The Bertz CT molecular complexity index is 367. The molecule has 0 bridgehead atoms. The van der Waals surface area contributed by atoms with E-state index in [0.717, 1.165) is 16.8 Å². The van der Waals surface area contributed by atoms with Crippen LogP contribution >= 0.6 is 0 Å². The Morgan fingerprint density at radius 3 is 2.25 bits per heavy atom. The van der Waals surface area contributed by atoms with Gasteiger partial charge in [0.1, 0.15) is 6.04 Å². The summed E-state index contributed by atoms with van der Waals surface area (Å²) in [5, 5.41) is 9.08. The molecule has 88 valence electrons. The highest BCUT2D eigenvalue weighted by Gasteiger charge is 2.21. The van der Waals surface area contributed by atoms with Crippen molar-refractivity contribution in [2.24, 2.45) is 0 Å². The first-order valence-electron chi connectivity index (χ1n) is 5.54. The number of benzene rings is 1. The zero-order chi connectivity index (χ0) is 12.3. The lowest BCUT2D eigenvalue weighted by atomic mass is 10.1. The molecule has 0 saturated heterocycles. The third-order valence-electron chi connectivity index (χ3n) is 2.89. The molecule has 0 fully saturated rings. The number of nitrogens with zero attached hydrogens (tertiary/aromatic N) is 1. The van der Waals surface area contributed by atoms with Gasteiger partial charge in [-0.05, 0) is 38.8 Å². The fourth-order valence-corrected chi connectivity index (χ4v) is 2.02. The number of anilines is 1. The number of hydrogen-bond donors (Lipinski definition) is 1. The number of carbonyl (C=O) groups is 1. The van der Waals surface area contributed by atoms with E-state index in [4.69, 9.17) is 5.11 Å². The van der Waals surface area contributed by atoms with Crippen LogP contribution in [-0.2, 0) is 4.79 Å². The molecule has 0 spiro atoms. The molecule has 3 nitrogen and oxygen atoms in total. The molecule has 0 aromatic heterocycles. The van der Waals surface area contributed by atoms with Crippen LogP contribution in [0.1, 0.15) is 25.0 Å². The molecule has 1 unspecified atom stereocenters. The summed E-state index contributed by atoms with van der Waals surface area (Å²) < 4.78 is 0. The number of rotatable bonds is 4. The molecule has 1 rings (SSSR count). The molecule has 1 aromatic rings. The molecule has 0 amide bonds. The largest absolute Gasteiger partial charge is 0.480 e. The Morgan fingerprint density at radius 1 is 1.38 bits per heavy atom. The summed E-state index contributed by atoms with van der Waals surface area (Å²) in [5.74, 6) is -0.787. The van der Waals surface area contributed by atoms with E-state index in [-0.39, 0.29) is 0 Å². The Balaban J connectivity index is 3.18. The lowest BCUT2D eigenvalue weighted by Crippen LogP contribution is -2.39. The molecular formula is C13H19NO2. The SMILES string of the molecule is CCN(c1c(C)cccc1C)C(C)C(=O)O. The van der Waals surface area contributed by atoms with Crippen LogP contribution < -0.4 is 4.90 Å². The monoisotopic (exact) mass is 221 g/mol. The minimum atomic E-state index is -0.787. The Kier molecular flexibility index (Phi) is 3.93. The van der Waals surface area contributed by atoms with E-state index in [1.54, 1.807) is 6.92 Å². The van der Waals surface area contributed by atoms with Crippen molar-refractivity contribution in [3.8, 4) is 0 Å². The maximum atomic E-state index is 11.1. The summed E-state index contributed by atoms with van der Waals surface area (Å²) in [6.45, 7) is 8.42. The number of aliphatic carboxylic acids is 1. The smallest absolute Gasteiger partial charge is 0.326 e. The highest BCUT2D eigenvalue weighted by atomic mass is 16.4. The van der Waals surface area contributed by atoms with Gasteiger partial charge >= 0.3 is 5.97 Å². The highest BCUT2D eigenvalue weighted by Crippen LogP contribution is 2.26. The minimum absolute atomic E-state index is 0.496. The molecule has 0 heterocycles. The highest BCUT2D eigenvalue weighted by molar-refractivity contribution is 5.78. The van der Waals surface area contributed by atoms with E-state index in [1.807, 2.05) is 43.9 Å². The normalized spacial score (nSPS) is 12.2. The second-order valence-electron chi connectivity index (χ2n) is 4.04. The average molecular weight is 221 g/mol. The number of aryl methyl sites for hydroxylation is 2. The van der Waals surface area contributed by atoms with Crippen LogP contribution in [0.2, 0.25) is 0 Å². The van der Waals surface area contributed by atoms with Gasteiger partial charge in [-0.1, -0.05) is 18.2 Å². The van der Waals surface area contributed by atoms with Crippen molar-refractivity contribution in [1.29, 1.82) is 0 Å². The quantitative estimate of drug-likeness (QED) is 0.849. The first-order valence-corrected chi connectivity index (χ1v) is 5.54. The fourth-order valence-electron chi connectivity index (χ4n) is 2.02. The third kappa shape index (κ3) is 2.35. The van der Waals surface area contributed by atoms with Crippen LogP contribution in [0, 0.1) is 13.8 Å². The summed E-state index contributed by atoms with van der Waals surface area (Å²) in [7, 11) is 0. The van der Waals surface area contributed by atoms with Crippen molar-refractivity contribution < 1.29 is 9.90 Å². The van der Waals surface area contributed by atoms with Crippen molar-refractivity contribution >= 4 is 11.7 Å². The summed E-state index contributed by atoms with van der Waals surface area (Å²) in [6, 6.07) is 5.52.